The van der Waals surface area contributed by atoms with Gasteiger partial charge in [0.25, 0.3) is 0 Å². The molecule has 0 spiro atoms. The van der Waals surface area contributed by atoms with Gasteiger partial charge < -0.3 is 0 Å². The van der Waals surface area contributed by atoms with Gasteiger partial charge in [-0.25, -0.2) is 0 Å². The fraction of sp³-hybridized carbons (Fsp3) is 0. The molecule has 0 fully saturated rings. The van der Waals surface area contributed by atoms with E-state index in [-0.39, 0.29) is 30.6 Å². The molecule has 0 aliphatic rings. The molecule has 0 saturated carbocycles. The molecular weight excluding hydrogens is 295 g/mol. The first-order valence-corrected chi connectivity index (χ1v) is 5.55. The van der Waals surface area contributed by atoms with Crippen LogP contribution in [0.25, 0.3) is 12.2 Å². The third-order valence-corrected chi connectivity index (χ3v) is 2.29. The summed E-state index contributed by atoms with van der Waals surface area (Å²) >= 11 is 0. The van der Waals surface area contributed by atoms with Crippen LogP contribution in [0.5, 0.6) is 0 Å². The number of aromatic nitrogens is 2. The Hall–Kier alpha value is -1.97. The standard InChI is InChI=1S/C15H12N2O.2ClH/c18-15(3-1-13-5-9-16-10-6-13)4-2-14-7-11-17-12-8-14;;/h1-12H;2*1H/b3-1+,4-2+;;. The molecule has 2 aromatic heterocycles. The summed E-state index contributed by atoms with van der Waals surface area (Å²) in [6, 6.07) is 7.37. The number of ketones is 1. The Kier molecular flexibility index (Phi) is 8.92. The normalized spacial score (nSPS) is 10.0. The van der Waals surface area contributed by atoms with Gasteiger partial charge in [0.15, 0.2) is 5.78 Å². The molecule has 104 valence electrons. The minimum atomic E-state index is -0.0522. The highest BCUT2D eigenvalue weighted by Gasteiger charge is 1.90. The zero-order valence-corrected chi connectivity index (χ0v) is 12.2. The molecule has 3 nitrogen and oxygen atoms in total. The second-order valence-corrected chi connectivity index (χ2v) is 3.63. The van der Waals surface area contributed by atoms with E-state index in [1.165, 1.54) is 12.2 Å². The first-order chi connectivity index (χ1) is 8.84. The SMILES string of the molecule is Cl.Cl.O=C(/C=C/c1ccncc1)/C=C/c1ccncc1. The molecule has 0 N–H and O–H groups in total. The highest BCUT2D eigenvalue weighted by atomic mass is 35.5. The predicted molar refractivity (Wildman–Crippen MR) is 86.0 cm³/mol. The molecule has 2 rings (SSSR count). The Morgan fingerprint density at radius 1 is 0.750 bits per heavy atom. The van der Waals surface area contributed by atoms with Gasteiger partial charge >= 0.3 is 0 Å². The van der Waals surface area contributed by atoms with Crippen molar-refractivity contribution in [2.24, 2.45) is 0 Å². The van der Waals surface area contributed by atoms with E-state index in [0.717, 1.165) is 11.1 Å². The van der Waals surface area contributed by atoms with Gasteiger partial charge in [0.2, 0.25) is 0 Å². The van der Waals surface area contributed by atoms with E-state index >= 15 is 0 Å². The molecule has 0 saturated heterocycles. The minimum Gasteiger partial charge on any atom is -0.290 e. The van der Waals surface area contributed by atoms with E-state index in [9.17, 15) is 4.79 Å². The van der Waals surface area contributed by atoms with Gasteiger partial charge in [-0.05, 0) is 47.5 Å². The predicted octanol–water partition coefficient (Wildman–Crippen LogP) is 3.62. The lowest BCUT2D eigenvalue weighted by molar-refractivity contribution is -0.110. The number of rotatable bonds is 4. The van der Waals surface area contributed by atoms with Crippen molar-refractivity contribution in [3.8, 4) is 0 Å². The van der Waals surface area contributed by atoms with Crippen molar-refractivity contribution < 1.29 is 4.79 Å². The molecule has 0 unspecified atom stereocenters. The zero-order valence-electron chi connectivity index (χ0n) is 10.5. The van der Waals surface area contributed by atoms with Gasteiger partial charge in [-0.1, -0.05) is 12.2 Å². The molecule has 5 heteroatoms. The molecule has 0 radical (unpaired) electrons. The Morgan fingerprint density at radius 3 is 1.45 bits per heavy atom. The van der Waals surface area contributed by atoms with E-state index in [4.69, 9.17) is 0 Å². The smallest absolute Gasteiger partial charge is 0.178 e. The van der Waals surface area contributed by atoms with Gasteiger partial charge in [-0.2, -0.15) is 0 Å². The van der Waals surface area contributed by atoms with Crippen molar-refractivity contribution in [1.82, 2.24) is 9.97 Å². The second-order valence-electron chi connectivity index (χ2n) is 3.63. The molecule has 0 aromatic carbocycles. The maximum atomic E-state index is 11.6. The van der Waals surface area contributed by atoms with Crippen molar-refractivity contribution in [3.05, 3.63) is 72.3 Å². The maximum absolute atomic E-state index is 11.6. The quantitative estimate of drug-likeness (QED) is 0.810. The number of halogens is 2. The maximum Gasteiger partial charge on any atom is 0.178 e. The summed E-state index contributed by atoms with van der Waals surface area (Å²) in [5, 5.41) is 0. The molecular formula is C15H14Cl2N2O. The first-order valence-electron chi connectivity index (χ1n) is 5.55. The van der Waals surface area contributed by atoms with E-state index in [1.807, 2.05) is 24.3 Å². The second kappa shape index (κ2) is 9.89. The summed E-state index contributed by atoms with van der Waals surface area (Å²) in [6.07, 6.45) is 13.4. The topological polar surface area (TPSA) is 42.9 Å². The lowest BCUT2D eigenvalue weighted by atomic mass is 10.2. The summed E-state index contributed by atoms with van der Waals surface area (Å²) in [5.74, 6) is -0.0522. The average Bonchev–Trinajstić information content (AvgIpc) is 2.45. The van der Waals surface area contributed by atoms with Gasteiger partial charge in [0.1, 0.15) is 0 Å². The zero-order chi connectivity index (χ0) is 12.6. The summed E-state index contributed by atoms with van der Waals surface area (Å²) in [7, 11) is 0. The van der Waals surface area contributed by atoms with Crippen LogP contribution in [-0.2, 0) is 4.79 Å². The molecule has 0 aliphatic heterocycles. The van der Waals surface area contributed by atoms with E-state index in [2.05, 4.69) is 9.97 Å². The van der Waals surface area contributed by atoms with E-state index < -0.39 is 0 Å². The number of carbonyl (C=O) groups excluding carboxylic acids is 1. The van der Waals surface area contributed by atoms with Crippen LogP contribution in [-0.4, -0.2) is 15.8 Å². The summed E-state index contributed by atoms with van der Waals surface area (Å²) in [4.78, 5) is 19.4. The van der Waals surface area contributed by atoms with Crippen LogP contribution in [0.2, 0.25) is 0 Å². The summed E-state index contributed by atoms with van der Waals surface area (Å²) < 4.78 is 0. The Bertz CT molecular complexity index is 517. The Labute approximate surface area is 130 Å². The molecule has 2 aromatic rings. The number of hydrogen-bond acceptors (Lipinski definition) is 3. The first kappa shape index (κ1) is 18.0. The van der Waals surface area contributed by atoms with Crippen LogP contribution in [0.1, 0.15) is 11.1 Å². The van der Waals surface area contributed by atoms with Crippen LogP contribution in [0.4, 0.5) is 0 Å². The van der Waals surface area contributed by atoms with Gasteiger partial charge in [-0.3, -0.25) is 14.8 Å². The minimum absolute atomic E-state index is 0. The van der Waals surface area contributed by atoms with E-state index in [1.54, 1.807) is 36.9 Å². The summed E-state index contributed by atoms with van der Waals surface area (Å²) in [6.45, 7) is 0. The van der Waals surface area contributed by atoms with Crippen molar-refractivity contribution in [3.63, 3.8) is 0 Å². The number of pyridine rings is 2. The van der Waals surface area contributed by atoms with Gasteiger partial charge in [-0.15, -0.1) is 24.8 Å². The Balaban J connectivity index is 0.00000180. The highest BCUT2D eigenvalue weighted by molar-refractivity contribution is 6.04. The van der Waals surface area contributed by atoms with E-state index in [0.29, 0.717) is 0 Å². The highest BCUT2D eigenvalue weighted by Crippen LogP contribution is 2.02. The monoisotopic (exact) mass is 308 g/mol. The lowest BCUT2D eigenvalue weighted by Crippen LogP contribution is -1.85. The molecule has 2 heterocycles. The Morgan fingerprint density at radius 2 is 1.10 bits per heavy atom. The number of allylic oxidation sites excluding steroid dienone is 2. The molecule has 0 atom stereocenters. The fourth-order valence-corrected chi connectivity index (χ4v) is 1.36. The van der Waals surface area contributed by atoms with Crippen LogP contribution in [0, 0.1) is 0 Å². The largest absolute Gasteiger partial charge is 0.290 e. The third kappa shape index (κ3) is 6.27. The molecule has 20 heavy (non-hydrogen) atoms. The molecule has 0 aliphatic carbocycles. The number of carbonyl (C=O) groups is 1. The van der Waals surface area contributed by atoms with Crippen LogP contribution in [0.15, 0.2) is 61.2 Å². The molecule has 0 amide bonds. The molecule has 0 bridgehead atoms. The average molecular weight is 309 g/mol. The third-order valence-electron chi connectivity index (χ3n) is 2.29. The fourth-order valence-electron chi connectivity index (χ4n) is 1.36. The van der Waals surface area contributed by atoms with Crippen molar-refractivity contribution in [2.45, 2.75) is 0 Å². The lowest BCUT2D eigenvalue weighted by Gasteiger charge is -1.90. The van der Waals surface area contributed by atoms with Crippen molar-refractivity contribution in [1.29, 1.82) is 0 Å². The number of nitrogens with zero attached hydrogens (tertiary/aromatic N) is 2. The van der Waals surface area contributed by atoms with Crippen LogP contribution >= 0.6 is 24.8 Å². The number of hydrogen-bond donors (Lipinski definition) is 0. The van der Waals surface area contributed by atoms with Crippen molar-refractivity contribution in [2.75, 3.05) is 0 Å². The van der Waals surface area contributed by atoms with Crippen molar-refractivity contribution >= 4 is 42.7 Å². The van der Waals surface area contributed by atoms with Crippen LogP contribution < -0.4 is 0 Å². The van der Waals surface area contributed by atoms with Gasteiger partial charge in [0.05, 0.1) is 0 Å². The van der Waals surface area contributed by atoms with Crippen LogP contribution in [0.3, 0.4) is 0 Å². The van der Waals surface area contributed by atoms with Gasteiger partial charge in [0, 0.05) is 24.8 Å². The summed E-state index contributed by atoms with van der Waals surface area (Å²) in [5.41, 5.74) is 1.91.